The zero-order valence-corrected chi connectivity index (χ0v) is 17.3. The molecule has 3 N–H and O–H groups in total. The van der Waals surface area contributed by atoms with E-state index < -0.39 is 0 Å². The molecule has 0 aromatic heterocycles. The maximum absolute atomic E-state index is 12.4. The highest BCUT2D eigenvalue weighted by atomic mass is 35.5. The molecule has 27 heavy (non-hydrogen) atoms. The second-order valence-electron chi connectivity index (χ2n) is 6.65. The molecule has 9 heteroatoms. The van der Waals surface area contributed by atoms with Crippen molar-refractivity contribution in [3.63, 3.8) is 0 Å². The average Bonchev–Trinajstić information content (AvgIpc) is 2.77. The van der Waals surface area contributed by atoms with Crippen LogP contribution in [0.4, 0.5) is 11.4 Å². The highest BCUT2D eigenvalue weighted by Gasteiger charge is 2.18. The zero-order valence-electron chi connectivity index (χ0n) is 15.6. The summed E-state index contributed by atoms with van der Waals surface area (Å²) in [6, 6.07) is 5.48. The molecule has 0 saturated carbocycles. The summed E-state index contributed by atoms with van der Waals surface area (Å²) in [5.74, 6) is -0.108. The van der Waals surface area contributed by atoms with E-state index >= 15 is 0 Å². The number of fused-ring (bicyclic) bond motifs is 1. The van der Waals surface area contributed by atoms with Crippen LogP contribution in [0.5, 0.6) is 0 Å². The van der Waals surface area contributed by atoms with E-state index in [0.717, 1.165) is 44.8 Å². The lowest BCUT2D eigenvalue weighted by Gasteiger charge is -2.27. The third-order valence-corrected chi connectivity index (χ3v) is 4.76. The van der Waals surface area contributed by atoms with Gasteiger partial charge in [-0.05, 0) is 31.2 Å². The molecule has 2 aliphatic heterocycles. The molecule has 0 spiro atoms. The van der Waals surface area contributed by atoms with Gasteiger partial charge in [0.15, 0.2) is 0 Å². The maximum atomic E-state index is 12.4. The van der Waals surface area contributed by atoms with Crippen LogP contribution in [0, 0.1) is 0 Å². The summed E-state index contributed by atoms with van der Waals surface area (Å²) in [6.07, 6.45) is 1.40. The molecular formula is C18H29Cl2N5O2. The summed E-state index contributed by atoms with van der Waals surface area (Å²) >= 11 is 0. The van der Waals surface area contributed by atoms with Gasteiger partial charge in [-0.15, -0.1) is 24.8 Å². The molecule has 0 radical (unpaired) electrons. The van der Waals surface area contributed by atoms with Crippen LogP contribution in [0.2, 0.25) is 0 Å². The number of carbonyl (C=O) groups is 2. The number of halogens is 2. The molecule has 0 unspecified atom stereocenters. The fraction of sp³-hybridized carbons (Fsp3) is 0.556. The van der Waals surface area contributed by atoms with Gasteiger partial charge in [0.2, 0.25) is 5.91 Å². The van der Waals surface area contributed by atoms with E-state index in [1.807, 2.05) is 24.1 Å². The Labute approximate surface area is 173 Å². The fourth-order valence-corrected chi connectivity index (χ4v) is 3.25. The van der Waals surface area contributed by atoms with E-state index in [-0.39, 0.29) is 36.6 Å². The van der Waals surface area contributed by atoms with Gasteiger partial charge in [0, 0.05) is 58.3 Å². The molecule has 0 atom stereocenters. The summed E-state index contributed by atoms with van der Waals surface area (Å²) in [4.78, 5) is 28.6. The molecule has 1 aromatic carbocycles. The van der Waals surface area contributed by atoms with E-state index in [9.17, 15) is 9.59 Å². The minimum atomic E-state index is -0.0933. The number of amides is 2. The maximum Gasteiger partial charge on any atom is 0.251 e. The van der Waals surface area contributed by atoms with Crippen LogP contribution in [0.25, 0.3) is 0 Å². The molecule has 1 saturated heterocycles. The lowest BCUT2D eigenvalue weighted by Crippen LogP contribution is -2.44. The third kappa shape index (κ3) is 6.53. The normalized spacial score (nSPS) is 16.9. The predicted molar refractivity (Wildman–Crippen MR) is 114 cm³/mol. The molecule has 3 rings (SSSR count). The molecule has 2 amide bonds. The summed E-state index contributed by atoms with van der Waals surface area (Å²) < 4.78 is 0. The van der Waals surface area contributed by atoms with Crippen LogP contribution in [0.15, 0.2) is 18.2 Å². The van der Waals surface area contributed by atoms with E-state index in [0.29, 0.717) is 30.8 Å². The van der Waals surface area contributed by atoms with Gasteiger partial charge in [-0.1, -0.05) is 0 Å². The second-order valence-corrected chi connectivity index (χ2v) is 6.65. The third-order valence-electron chi connectivity index (χ3n) is 4.76. The number of benzene rings is 1. The Kier molecular flexibility index (Phi) is 9.87. The number of anilines is 2. The summed E-state index contributed by atoms with van der Waals surface area (Å²) in [5.41, 5.74) is 2.23. The molecule has 1 aromatic rings. The van der Waals surface area contributed by atoms with Crippen molar-refractivity contribution in [2.24, 2.45) is 0 Å². The topological polar surface area (TPSA) is 76.7 Å². The first kappa shape index (κ1) is 23.5. The number of nitrogens with one attached hydrogen (secondary N) is 3. The van der Waals surface area contributed by atoms with E-state index in [1.165, 1.54) is 0 Å². The van der Waals surface area contributed by atoms with E-state index in [4.69, 9.17) is 0 Å². The Balaban J connectivity index is 0.00000182. The van der Waals surface area contributed by atoms with Crippen molar-refractivity contribution >= 4 is 48.0 Å². The summed E-state index contributed by atoms with van der Waals surface area (Å²) in [5, 5.41) is 9.20. The average molecular weight is 418 g/mol. The zero-order chi connectivity index (χ0) is 17.6. The van der Waals surface area contributed by atoms with Gasteiger partial charge in [-0.3, -0.25) is 9.59 Å². The number of piperazine rings is 1. The molecule has 2 heterocycles. The van der Waals surface area contributed by atoms with Crippen molar-refractivity contribution in [2.75, 3.05) is 63.1 Å². The number of hydrogen-bond acceptors (Lipinski definition) is 5. The number of nitrogens with zero attached hydrogens (tertiary/aromatic N) is 2. The molecule has 7 nitrogen and oxygen atoms in total. The van der Waals surface area contributed by atoms with Crippen molar-refractivity contribution in [3.8, 4) is 0 Å². The SMILES string of the molecule is CN1CCC(=O)Nc2cc(C(=O)NCCCN3CCNCC3)ccc21.Cl.Cl. The van der Waals surface area contributed by atoms with Crippen LogP contribution in [-0.2, 0) is 4.79 Å². The Hall–Kier alpha value is -1.54. The van der Waals surface area contributed by atoms with E-state index in [1.54, 1.807) is 6.07 Å². The van der Waals surface area contributed by atoms with Crippen molar-refractivity contribution < 1.29 is 9.59 Å². The Morgan fingerprint density at radius 2 is 1.93 bits per heavy atom. The van der Waals surface area contributed by atoms with Gasteiger partial charge in [0.1, 0.15) is 0 Å². The minimum Gasteiger partial charge on any atom is -0.372 e. The monoisotopic (exact) mass is 417 g/mol. The number of carbonyl (C=O) groups excluding carboxylic acids is 2. The van der Waals surface area contributed by atoms with Gasteiger partial charge < -0.3 is 25.8 Å². The van der Waals surface area contributed by atoms with Crippen LogP contribution >= 0.6 is 24.8 Å². The van der Waals surface area contributed by atoms with Gasteiger partial charge in [0.05, 0.1) is 11.4 Å². The summed E-state index contributed by atoms with van der Waals surface area (Å²) in [6.45, 7) is 6.58. The van der Waals surface area contributed by atoms with Crippen LogP contribution in [0.3, 0.4) is 0 Å². The number of rotatable bonds is 5. The molecular weight excluding hydrogens is 389 g/mol. The van der Waals surface area contributed by atoms with Crippen molar-refractivity contribution in [1.29, 1.82) is 0 Å². The van der Waals surface area contributed by atoms with E-state index in [2.05, 4.69) is 20.9 Å². The second kappa shape index (κ2) is 11.3. The number of hydrogen-bond donors (Lipinski definition) is 3. The smallest absolute Gasteiger partial charge is 0.251 e. The molecule has 0 aliphatic carbocycles. The highest BCUT2D eigenvalue weighted by molar-refractivity contribution is 6.00. The quantitative estimate of drug-likeness (QED) is 0.630. The lowest BCUT2D eigenvalue weighted by atomic mass is 10.1. The Bertz CT molecular complexity index is 638. The molecule has 2 aliphatic rings. The van der Waals surface area contributed by atoms with Gasteiger partial charge in [-0.2, -0.15) is 0 Å². The Morgan fingerprint density at radius 3 is 2.67 bits per heavy atom. The lowest BCUT2D eigenvalue weighted by molar-refractivity contribution is -0.115. The van der Waals surface area contributed by atoms with Crippen molar-refractivity contribution in [1.82, 2.24) is 15.5 Å². The molecule has 0 bridgehead atoms. The summed E-state index contributed by atoms with van der Waals surface area (Å²) in [7, 11) is 1.95. The largest absolute Gasteiger partial charge is 0.372 e. The van der Waals surface area contributed by atoms with Gasteiger partial charge >= 0.3 is 0 Å². The van der Waals surface area contributed by atoms with Gasteiger partial charge in [-0.25, -0.2) is 0 Å². The predicted octanol–water partition coefficient (Wildman–Crippen LogP) is 1.33. The van der Waals surface area contributed by atoms with Crippen LogP contribution in [0.1, 0.15) is 23.2 Å². The first-order valence-corrected chi connectivity index (χ1v) is 9.00. The minimum absolute atomic E-state index is 0. The van der Waals surface area contributed by atoms with Crippen molar-refractivity contribution in [3.05, 3.63) is 23.8 Å². The highest BCUT2D eigenvalue weighted by Crippen LogP contribution is 2.28. The van der Waals surface area contributed by atoms with Crippen LogP contribution in [-0.4, -0.2) is 69.6 Å². The van der Waals surface area contributed by atoms with Crippen LogP contribution < -0.4 is 20.9 Å². The van der Waals surface area contributed by atoms with Crippen molar-refractivity contribution in [2.45, 2.75) is 12.8 Å². The first-order valence-electron chi connectivity index (χ1n) is 9.00. The Morgan fingerprint density at radius 1 is 1.19 bits per heavy atom. The van der Waals surface area contributed by atoms with Gasteiger partial charge in [0.25, 0.3) is 5.91 Å². The first-order chi connectivity index (χ1) is 12.1. The standard InChI is InChI=1S/C18H27N5O2.2ClH/c1-22-10-5-17(24)21-15-13-14(3-4-16(15)22)18(25)20-6-2-9-23-11-7-19-8-12-23;;/h3-4,13,19H,2,5-12H2,1H3,(H,20,25)(H,21,24);2*1H. The molecule has 1 fully saturated rings. The fourth-order valence-electron chi connectivity index (χ4n) is 3.25. The molecule has 152 valence electrons.